The van der Waals surface area contributed by atoms with Gasteiger partial charge in [-0.1, -0.05) is 0 Å². The van der Waals surface area contributed by atoms with Crippen molar-refractivity contribution in [2.45, 2.75) is 26.8 Å². The summed E-state index contributed by atoms with van der Waals surface area (Å²) in [4.78, 5) is 31.1. The van der Waals surface area contributed by atoms with E-state index < -0.39 is 5.97 Å². The molecule has 0 saturated heterocycles. The number of H-pyrrole nitrogens is 1. The highest BCUT2D eigenvalue weighted by Gasteiger charge is 2.23. The van der Waals surface area contributed by atoms with Crippen LogP contribution in [-0.2, 0) is 4.74 Å². The maximum atomic E-state index is 12.4. The van der Waals surface area contributed by atoms with E-state index in [1.807, 2.05) is 19.1 Å². The number of hydrogen-bond donors (Lipinski definition) is 2. The second-order valence-electron chi connectivity index (χ2n) is 5.09. The average molecular weight is 301 g/mol. The molecule has 2 N–H and O–H groups in total. The Hall–Kier alpha value is -2.63. The van der Waals surface area contributed by atoms with Gasteiger partial charge < -0.3 is 15.0 Å². The summed E-state index contributed by atoms with van der Waals surface area (Å²) in [5.41, 5.74) is 2.94. The van der Waals surface area contributed by atoms with E-state index in [1.165, 1.54) is 7.11 Å². The number of amides is 1. The summed E-state index contributed by atoms with van der Waals surface area (Å²) in [6, 6.07) is 3.52. The fraction of sp³-hybridized carbons (Fsp3) is 0.312. The lowest BCUT2D eigenvalue weighted by Gasteiger charge is -2.13. The molecule has 2 aromatic rings. The van der Waals surface area contributed by atoms with E-state index in [0.29, 0.717) is 22.5 Å². The van der Waals surface area contributed by atoms with Crippen molar-refractivity contribution in [3.63, 3.8) is 0 Å². The van der Waals surface area contributed by atoms with Crippen molar-refractivity contribution in [1.29, 1.82) is 0 Å². The van der Waals surface area contributed by atoms with Crippen LogP contribution in [0.3, 0.4) is 0 Å². The molecular formula is C16H19N3O3. The third kappa shape index (κ3) is 3.00. The van der Waals surface area contributed by atoms with Crippen LogP contribution in [0.1, 0.15) is 50.6 Å². The minimum Gasteiger partial charge on any atom is -0.465 e. The molecule has 0 spiro atoms. The third-order valence-corrected chi connectivity index (χ3v) is 3.61. The van der Waals surface area contributed by atoms with E-state index in [-0.39, 0.29) is 11.9 Å². The summed E-state index contributed by atoms with van der Waals surface area (Å²) in [5.74, 6) is -0.715. The molecule has 2 heterocycles. The summed E-state index contributed by atoms with van der Waals surface area (Å²) in [7, 11) is 1.32. The summed E-state index contributed by atoms with van der Waals surface area (Å²) < 4.78 is 4.74. The molecule has 0 unspecified atom stereocenters. The largest absolute Gasteiger partial charge is 0.465 e. The number of nitrogens with zero attached hydrogens (tertiary/aromatic N) is 1. The van der Waals surface area contributed by atoms with Crippen LogP contribution in [0.15, 0.2) is 24.5 Å². The fourth-order valence-corrected chi connectivity index (χ4v) is 2.39. The second-order valence-corrected chi connectivity index (χ2v) is 5.09. The van der Waals surface area contributed by atoms with Gasteiger partial charge in [-0.3, -0.25) is 9.78 Å². The van der Waals surface area contributed by atoms with Crippen LogP contribution in [0, 0.1) is 13.8 Å². The maximum Gasteiger partial charge on any atom is 0.339 e. The molecule has 2 rings (SSSR count). The first kappa shape index (κ1) is 15.8. The van der Waals surface area contributed by atoms with Gasteiger partial charge in [-0.25, -0.2) is 4.79 Å². The van der Waals surface area contributed by atoms with Gasteiger partial charge in [0.05, 0.1) is 18.7 Å². The molecule has 0 aliphatic carbocycles. The van der Waals surface area contributed by atoms with Crippen molar-refractivity contribution in [3.8, 4) is 0 Å². The van der Waals surface area contributed by atoms with Gasteiger partial charge >= 0.3 is 5.97 Å². The van der Waals surface area contributed by atoms with E-state index in [1.54, 1.807) is 26.2 Å². The highest BCUT2D eigenvalue weighted by Crippen LogP contribution is 2.20. The summed E-state index contributed by atoms with van der Waals surface area (Å²) in [6.45, 7) is 5.35. The van der Waals surface area contributed by atoms with Crippen molar-refractivity contribution >= 4 is 11.9 Å². The van der Waals surface area contributed by atoms with Crippen molar-refractivity contribution in [3.05, 3.63) is 52.6 Å². The number of aromatic amines is 1. The van der Waals surface area contributed by atoms with E-state index in [2.05, 4.69) is 15.3 Å². The first-order chi connectivity index (χ1) is 10.5. The average Bonchev–Trinajstić information content (AvgIpc) is 2.82. The number of hydrogen-bond acceptors (Lipinski definition) is 4. The summed E-state index contributed by atoms with van der Waals surface area (Å²) in [5, 5.41) is 2.90. The van der Waals surface area contributed by atoms with Crippen LogP contribution >= 0.6 is 0 Å². The van der Waals surface area contributed by atoms with Crippen LogP contribution in [0.4, 0.5) is 0 Å². The maximum absolute atomic E-state index is 12.4. The molecule has 0 aliphatic heterocycles. The number of nitrogens with one attached hydrogen (secondary N) is 2. The van der Waals surface area contributed by atoms with Gasteiger partial charge in [0.2, 0.25) is 0 Å². The SMILES string of the molecule is COC(=O)c1c(C)[nH]c(C(=O)N[C@@H](C)c2ccncc2)c1C. The molecule has 1 atom stereocenters. The number of ether oxygens (including phenoxy) is 1. The highest BCUT2D eigenvalue weighted by molar-refractivity contribution is 6.00. The van der Waals surface area contributed by atoms with Gasteiger partial charge in [0.1, 0.15) is 5.69 Å². The molecule has 116 valence electrons. The molecule has 6 heteroatoms. The Morgan fingerprint density at radius 2 is 1.91 bits per heavy atom. The monoisotopic (exact) mass is 301 g/mol. The zero-order chi connectivity index (χ0) is 16.3. The molecular weight excluding hydrogens is 282 g/mol. The minimum absolute atomic E-state index is 0.167. The predicted molar refractivity (Wildman–Crippen MR) is 81.7 cm³/mol. The van der Waals surface area contributed by atoms with Gasteiger partial charge in [0.25, 0.3) is 5.91 Å². The zero-order valence-electron chi connectivity index (χ0n) is 13.1. The van der Waals surface area contributed by atoms with Gasteiger partial charge in [-0.05, 0) is 44.0 Å². The Morgan fingerprint density at radius 1 is 1.27 bits per heavy atom. The first-order valence-corrected chi connectivity index (χ1v) is 6.94. The van der Waals surface area contributed by atoms with Crippen molar-refractivity contribution in [2.24, 2.45) is 0 Å². The molecule has 0 radical (unpaired) electrons. The van der Waals surface area contributed by atoms with Crippen LogP contribution in [0.25, 0.3) is 0 Å². The van der Waals surface area contributed by atoms with E-state index >= 15 is 0 Å². The minimum atomic E-state index is -0.451. The molecule has 6 nitrogen and oxygen atoms in total. The molecule has 0 saturated carbocycles. The van der Waals surface area contributed by atoms with Crippen LogP contribution in [0.2, 0.25) is 0 Å². The summed E-state index contributed by atoms with van der Waals surface area (Å²) in [6.07, 6.45) is 3.36. The molecule has 0 aromatic carbocycles. The van der Waals surface area contributed by atoms with Crippen LogP contribution < -0.4 is 5.32 Å². The fourth-order valence-electron chi connectivity index (χ4n) is 2.39. The highest BCUT2D eigenvalue weighted by atomic mass is 16.5. The number of carbonyl (C=O) groups is 2. The van der Waals surface area contributed by atoms with Crippen LogP contribution in [0.5, 0.6) is 0 Å². The number of methoxy groups -OCH3 is 1. The standard InChI is InChI=1S/C16H19N3O3/c1-9-13(16(21)22-4)11(3)18-14(9)15(20)19-10(2)12-5-7-17-8-6-12/h5-8,10,18H,1-4H3,(H,19,20)/t10-/m0/s1. The zero-order valence-corrected chi connectivity index (χ0v) is 13.1. The number of rotatable bonds is 4. The number of esters is 1. The van der Waals surface area contributed by atoms with Crippen LogP contribution in [-0.4, -0.2) is 29.0 Å². The van der Waals surface area contributed by atoms with E-state index in [0.717, 1.165) is 5.56 Å². The molecule has 0 aliphatic rings. The predicted octanol–water partition coefficient (Wildman–Crippen LogP) is 2.30. The van der Waals surface area contributed by atoms with E-state index in [4.69, 9.17) is 4.74 Å². The van der Waals surface area contributed by atoms with Gasteiger partial charge in [0.15, 0.2) is 0 Å². The number of aryl methyl sites for hydroxylation is 1. The molecule has 2 aromatic heterocycles. The molecule has 1 amide bonds. The van der Waals surface area contributed by atoms with Crippen molar-refractivity contribution < 1.29 is 14.3 Å². The molecule has 0 bridgehead atoms. The number of carbonyl (C=O) groups excluding carboxylic acids is 2. The van der Waals surface area contributed by atoms with Gasteiger partial charge in [-0.15, -0.1) is 0 Å². The Kier molecular flexibility index (Phi) is 4.60. The lowest BCUT2D eigenvalue weighted by atomic mass is 10.1. The Balaban J connectivity index is 2.22. The Labute approximate surface area is 128 Å². The lowest BCUT2D eigenvalue weighted by Crippen LogP contribution is -2.27. The van der Waals surface area contributed by atoms with Gasteiger partial charge in [0, 0.05) is 18.1 Å². The third-order valence-electron chi connectivity index (χ3n) is 3.61. The first-order valence-electron chi connectivity index (χ1n) is 6.94. The number of aromatic nitrogens is 2. The molecule has 0 fully saturated rings. The lowest BCUT2D eigenvalue weighted by molar-refractivity contribution is 0.0599. The number of pyridine rings is 1. The smallest absolute Gasteiger partial charge is 0.339 e. The van der Waals surface area contributed by atoms with E-state index in [9.17, 15) is 9.59 Å². The van der Waals surface area contributed by atoms with Crippen molar-refractivity contribution in [1.82, 2.24) is 15.3 Å². The normalized spacial score (nSPS) is 11.8. The quantitative estimate of drug-likeness (QED) is 0.849. The Bertz CT molecular complexity index is 692. The van der Waals surface area contributed by atoms with Crippen molar-refractivity contribution in [2.75, 3.05) is 7.11 Å². The second kappa shape index (κ2) is 6.43. The van der Waals surface area contributed by atoms with Gasteiger partial charge in [-0.2, -0.15) is 0 Å². The molecule has 22 heavy (non-hydrogen) atoms. The topological polar surface area (TPSA) is 84.1 Å². The Morgan fingerprint density at radius 3 is 2.50 bits per heavy atom. The summed E-state index contributed by atoms with van der Waals surface area (Å²) >= 11 is 0.